The number of hydrogen-bond donors (Lipinski definition) is 3. The van der Waals surface area contributed by atoms with Gasteiger partial charge in [-0.05, 0) is 42.2 Å². The zero-order valence-corrected chi connectivity index (χ0v) is 16.6. The topological polar surface area (TPSA) is 115 Å². The number of nitrogens with zero attached hydrogens (tertiary/aromatic N) is 2. The van der Waals surface area contributed by atoms with Crippen molar-refractivity contribution in [1.82, 2.24) is 10.2 Å². The van der Waals surface area contributed by atoms with Gasteiger partial charge in [0, 0.05) is 11.4 Å². The first-order chi connectivity index (χ1) is 13.4. The molecule has 0 aliphatic carbocycles. The standard InChI is InChI=1S/C20H22N4O3S/c1-3-12(2)22-18-16-9-8-15(10-17(16)23-24-19(18)20(21)25)14-6-4-13(5-7-14)11-28(26)27/h4-10,12,28H,3,11H2,1-2H3,(H2,21,25)(H,22,23)/t12-/m1/s1. The monoisotopic (exact) mass is 398 g/mol. The number of fused-ring (bicyclic) bond motifs is 1. The summed E-state index contributed by atoms with van der Waals surface area (Å²) < 4.78 is 21.7. The predicted octanol–water partition coefficient (Wildman–Crippen LogP) is 2.72. The number of hydrogen-bond acceptors (Lipinski definition) is 6. The molecule has 0 aliphatic heterocycles. The van der Waals surface area contributed by atoms with Crippen LogP contribution in [0.3, 0.4) is 0 Å². The molecule has 1 heterocycles. The second-order valence-corrected chi connectivity index (χ2v) is 7.64. The molecule has 3 rings (SSSR count). The normalized spacial score (nSPS) is 12.2. The van der Waals surface area contributed by atoms with Gasteiger partial charge in [0.1, 0.15) is 10.7 Å². The second-order valence-electron chi connectivity index (χ2n) is 6.66. The number of benzene rings is 2. The highest BCUT2D eigenvalue weighted by molar-refractivity contribution is 7.71. The summed E-state index contributed by atoms with van der Waals surface area (Å²) in [5.41, 5.74) is 9.41. The molecule has 0 unspecified atom stereocenters. The molecule has 0 saturated carbocycles. The van der Waals surface area contributed by atoms with Gasteiger partial charge in [-0.2, -0.15) is 0 Å². The van der Waals surface area contributed by atoms with Crippen molar-refractivity contribution in [3.8, 4) is 11.1 Å². The first kappa shape index (κ1) is 19.8. The van der Waals surface area contributed by atoms with E-state index in [1.165, 1.54) is 0 Å². The van der Waals surface area contributed by atoms with Crippen molar-refractivity contribution in [2.45, 2.75) is 32.1 Å². The van der Waals surface area contributed by atoms with E-state index in [4.69, 9.17) is 5.73 Å². The lowest BCUT2D eigenvalue weighted by atomic mass is 10.0. The van der Waals surface area contributed by atoms with Crippen LogP contribution in [0.15, 0.2) is 42.5 Å². The Balaban J connectivity index is 2.04. The summed E-state index contributed by atoms with van der Waals surface area (Å²) in [6.45, 7) is 4.06. The maximum Gasteiger partial charge on any atom is 0.271 e. The van der Waals surface area contributed by atoms with Crippen LogP contribution in [0.4, 0.5) is 5.69 Å². The zero-order valence-electron chi connectivity index (χ0n) is 15.7. The Hall–Kier alpha value is -3.00. The van der Waals surface area contributed by atoms with Gasteiger partial charge < -0.3 is 11.1 Å². The van der Waals surface area contributed by atoms with E-state index in [0.29, 0.717) is 11.2 Å². The number of rotatable bonds is 7. The lowest BCUT2D eigenvalue weighted by Crippen LogP contribution is -2.21. The highest BCUT2D eigenvalue weighted by Gasteiger charge is 2.17. The number of nitrogens with one attached hydrogen (secondary N) is 1. The van der Waals surface area contributed by atoms with Crippen LogP contribution in [-0.2, 0) is 16.5 Å². The molecular weight excluding hydrogens is 376 g/mol. The molecule has 0 spiro atoms. The van der Waals surface area contributed by atoms with E-state index < -0.39 is 16.6 Å². The average Bonchev–Trinajstić information content (AvgIpc) is 2.67. The fourth-order valence-corrected chi connectivity index (χ4v) is 3.41. The predicted molar refractivity (Wildman–Crippen MR) is 111 cm³/mol. The van der Waals surface area contributed by atoms with E-state index in [-0.39, 0.29) is 17.5 Å². The van der Waals surface area contributed by atoms with Gasteiger partial charge >= 0.3 is 0 Å². The van der Waals surface area contributed by atoms with Crippen molar-refractivity contribution >= 4 is 33.2 Å². The van der Waals surface area contributed by atoms with Crippen LogP contribution in [-0.4, -0.2) is 30.6 Å². The number of carbonyl (C=O) groups is 1. The Morgan fingerprint density at radius 1 is 1.11 bits per heavy atom. The van der Waals surface area contributed by atoms with Gasteiger partial charge in [0.25, 0.3) is 5.91 Å². The number of carbonyl (C=O) groups excluding carboxylic acids is 1. The molecule has 1 atom stereocenters. The van der Waals surface area contributed by atoms with E-state index >= 15 is 0 Å². The van der Waals surface area contributed by atoms with Crippen molar-refractivity contribution < 1.29 is 13.2 Å². The zero-order chi connectivity index (χ0) is 20.3. The average molecular weight is 398 g/mol. The SMILES string of the molecule is CC[C@@H](C)Nc1c(C(N)=O)nnc2cc(-c3ccc(C[SH](=O)=O)cc3)ccc12. The third kappa shape index (κ3) is 4.28. The van der Waals surface area contributed by atoms with Gasteiger partial charge in [0.15, 0.2) is 5.69 Å². The van der Waals surface area contributed by atoms with E-state index in [1.54, 1.807) is 12.1 Å². The smallest absolute Gasteiger partial charge is 0.271 e. The van der Waals surface area contributed by atoms with E-state index in [0.717, 1.165) is 28.5 Å². The first-order valence-corrected chi connectivity index (χ1v) is 10.3. The summed E-state index contributed by atoms with van der Waals surface area (Å²) >= 11 is 0. The minimum Gasteiger partial charge on any atom is -0.380 e. The Labute approximate surface area is 164 Å². The van der Waals surface area contributed by atoms with Gasteiger partial charge in [-0.25, -0.2) is 8.42 Å². The molecule has 2 aromatic carbocycles. The number of amides is 1. The van der Waals surface area contributed by atoms with Gasteiger partial charge in [0.05, 0.1) is 17.0 Å². The highest BCUT2D eigenvalue weighted by Crippen LogP contribution is 2.29. The molecule has 3 N–H and O–H groups in total. The number of thiol groups is 1. The van der Waals surface area contributed by atoms with Gasteiger partial charge in [0.2, 0.25) is 0 Å². The minimum atomic E-state index is -2.45. The molecule has 7 nitrogen and oxygen atoms in total. The Morgan fingerprint density at radius 2 is 1.79 bits per heavy atom. The molecule has 0 aliphatic rings. The van der Waals surface area contributed by atoms with Gasteiger partial charge in [-0.1, -0.05) is 37.3 Å². The Morgan fingerprint density at radius 3 is 2.39 bits per heavy atom. The molecule has 1 amide bonds. The van der Waals surface area contributed by atoms with Crippen LogP contribution < -0.4 is 11.1 Å². The summed E-state index contributed by atoms with van der Waals surface area (Å²) in [4.78, 5) is 11.8. The number of aromatic nitrogens is 2. The van der Waals surface area contributed by atoms with Crippen LogP contribution >= 0.6 is 0 Å². The number of anilines is 1. The quantitative estimate of drug-likeness (QED) is 0.527. The van der Waals surface area contributed by atoms with Crippen molar-refractivity contribution in [3.05, 3.63) is 53.7 Å². The van der Waals surface area contributed by atoms with Crippen LogP contribution in [0.2, 0.25) is 0 Å². The number of primary amides is 1. The summed E-state index contributed by atoms with van der Waals surface area (Å²) in [6.07, 6.45) is 0.876. The fourth-order valence-electron chi connectivity index (χ4n) is 2.91. The summed E-state index contributed by atoms with van der Waals surface area (Å²) in [5, 5.41) is 12.3. The van der Waals surface area contributed by atoms with Crippen LogP contribution in [0.5, 0.6) is 0 Å². The van der Waals surface area contributed by atoms with Crippen LogP contribution in [0, 0.1) is 0 Å². The highest BCUT2D eigenvalue weighted by atomic mass is 32.2. The molecule has 3 aromatic rings. The lowest BCUT2D eigenvalue weighted by molar-refractivity contribution is 0.0995. The van der Waals surface area contributed by atoms with Crippen molar-refractivity contribution in [1.29, 1.82) is 0 Å². The van der Waals surface area contributed by atoms with Gasteiger partial charge in [-0.3, -0.25) is 4.79 Å². The van der Waals surface area contributed by atoms with E-state index in [9.17, 15) is 13.2 Å². The van der Waals surface area contributed by atoms with Crippen molar-refractivity contribution in [2.75, 3.05) is 5.32 Å². The summed E-state index contributed by atoms with van der Waals surface area (Å²) in [6, 6.07) is 13.2. The molecular formula is C20H22N4O3S. The third-order valence-electron chi connectivity index (χ3n) is 4.60. The number of nitrogens with two attached hydrogens (primary N) is 1. The van der Waals surface area contributed by atoms with Crippen LogP contribution in [0.25, 0.3) is 22.0 Å². The molecule has 0 radical (unpaired) electrons. The Kier molecular flexibility index (Phi) is 5.89. The fraction of sp³-hybridized carbons (Fsp3) is 0.250. The third-order valence-corrected chi connectivity index (χ3v) is 5.22. The van der Waals surface area contributed by atoms with E-state index in [1.807, 2.05) is 44.2 Å². The second kappa shape index (κ2) is 8.35. The van der Waals surface area contributed by atoms with Crippen LogP contribution in [0.1, 0.15) is 36.3 Å². The summed E-state index contributed by atoms with van der Waals surface area (Å²) in [7, 11) is -2.45. The molecule has 0 bridgehead atoms. The molecule has 8 heteroatoms. The lowest BCUT2D eigenvalue weighted by Gasteiger charge is -2.17. The van der Waals surface area contributed by atoms with Crippen molar-refractivity contribution in [2.24, 2.45) is 5.73 Å². The maximum atomic E-state index is 11.8. The summed E-state index contributed by atoms with van der Waals surface area (Å²) in [5.74, 6) is -0.601. The van der Waals surface area contributed by atoms with E-state index in [2.05, 4.69) is 15.5 Å². The largest absolute Gasteiger partial charge is 0.380 e. The molecule has 0 fully saturated rings. The minimum absolute atomic E-state index is 0.0271. The molecule has 146 valence electrons. The maximum absolute atomic E-state index is 11.8. The molecule has 28 heavy (non-hydrogen) atoms. The molecule has 1 aromatic heterocycles. The Bertz CT molecular complexity index is 1090. The molecule has 0 saturated heterocycles. The van der Waals surface area contributed by atoms with Gasteiger partial charge in [-0.15, -0.1) is 10.2 Å². The first-order valence-electron chi connectivity index (χ1n) is 8.97. The van der Waals surface area contributed by atoms with Crippen molar-refractivity contribution in [3.63, 3.8) is 0 Å².